The summed E-state index contributed by atoms with van der Waals surface area (Å²) in [6.45, 7) is 2.78. The van der Waals surface area contributed by atoms with E-state index in [9.17, 15) is 23.9 Å². The first-order valence-corrected chi connectivity index (χ1v) is 7.82. The lowest BCUT2D eigenvalue weighted by Crippen LogP contribution is -2.50. The molecule has 2 rings (SSSR count). The third-order valence-corrected chi connectivity index (χ3v) is 3.50. The maximum absolute atomic E-state index is 14.5. The Morgan fingerprint density at radius 3 is 2.54 bits per heavy atom. The summed E-state index contributed by atoms with van der Waals surface area (Å²) in [6.07, 6.45) is -1.08. The van der Waals surface area contributed by atoms with E-state index < -0.39 is 52.5 Å². The smallest absolute Gasteiger partial charge is 0.429 e. The van der Waals surface area contributed by atoms with Crippen molar-refractivity contribution >= 4 is 22.8 Å². The van der Waals surface area contributed by atoms with E-state index in [-0.39, 0.29) is 11.9 Å². The molecule has 0 unspecified atom stereocenters. The molecule has 0 saturated carbocycles. The van der Waals surface area contributed by atoms with Crippen molar-refractivity contribution in [2.75, 3.05) is 11.6 Å². The minimum absolute atomic E-state index is 0.239. The minimum atomic E-state index is -3.11. The second-order valence-electron chi connectivity index (χ2n) is 6.50. The average molecular weight is 367 g/mol. The third-order valence-electron chi connectivity index (χ3n) is 3.50. The number of nitrogens with zero attached hydrogens (tertiary/aromatic N) is 2. The number of benzene rings is 1. The number of carboxylic acids is 1. The standard InChI is InChI=1S/C18H21FN2O5/c1-6-20(17(25)26-18(3,4)5)21-10(2)13(16(23)24)11-8-7-9-12(19)14(11)15(21)22/h7-9H,6H2,1-5H3,(H,23,24)/i2D3. The van der Waals surface area contributed by atoms with Gasteiger partial charge in [-0.3, -0.25) is 4.79 Å². The van der Waals surface area contributed by atoms with Crippen LogP contribution in [0.25, 0.3) is 10.8 Å². The molecular formula is C18H21FN2O5. The van der Waals surface area contributed by atoms with E-state index in [2.05, 4.69) is 0 Å². The number of aromatic nitrogens is 1. The van der Waals surface area contributed by atoms with Gasteiger partial charge in [-0.15, -0.1) is 0 Å². The predicted molar refractivity (Wildman–Crippen MR) is 94.9 cm³/mol. The van der Waals surface area contributed by atoms with Crippen molar-refractivity contribution in [1.29, 1.82) is 0 Å². The van der Waals surface area contributed by atoms with Crippen LogP contribution in [0.2, 0.25) is 0 Å². The maximum atomic E-state index is 14.5. The fraction of sp³-hybridized carbons (Fsp3) is 0.389. The van der Waals surface area contributed by atoms with Gasteiger partial charge in [-0.05, 0) is 40.6 Å². The number of hydrogen-bond acceptors (Lipinski definition) is 4. The summed E-state index contributed by atoms with van der Waals surface area (Å²) in [5, 5.41) is 9.33. The number of rotatable bonds is 3. The highest BCUT2D eigenvalue weighted by Crippen LogP contribution is 2.22. The molecule has 26 heavy (non-hydrogen) atoms. The van der Waals surface area contributed by atoms with Gasteiger partial charge >= 0.3 is 12.1 Å². The van der Waals surface area contributed by atoms with Gasteiger partial charge in [0.05, 0.1) is 16.6 Å². The van der Waals surface area contributed by atoms with Crippen LogP contribution in [0.5, 0.6) is 0 Å². The molecule has 1 heterocycles. The van der Waals surface area contributed by atoms with Crippen molar-refractivity contribution in [1.82, 2.24) is 4.68 Å². The van der Waals surface area contributed by atoms with Gasteiger partial charge in [0.25, 0.3) is 5.56 Å². The van der Waals surface area contributed by atoms with Crippen LogP contribution in [0.4, 0.5) is 9.18 Å². The lowest BCUT2D eigenvalue weighted by Gasteiger charge is -2.29. The molecule has 2 aromatic rings. The monoisotopic (exact) mass is 367 g/mol. The molecule has 0 aliphatic carbocycles. The van der Waals surface area contributed by atoms with E-state index >= 15 is 0 Å². The first-order chi connectivity index (χ1) is 13.2. The lowest BCUT2D eigenvalue weighted by atomic mass is 10.0. The number of hydrogen-bond donors (Lipinski definition) is 1. The molecule has 0 aliphatic rings. The number of fused-ring (bicyclic) bond motifs is 1. The number of carbonyl (C=O) groups is 2. The van der Waals surface area contributed by atoms with E-state index in [4.69, 9.17) is 8.85 Å². The van der Waals surface area contributed by atoms with Crippen LogP contribution in [0.3, 0.4) is 0 Å². The van der Waals surface area contributed by atoms with Crippen molar-refractivity contribution in [2.24, 2.45) is 0 Å². The van der Waals surface area contributed by atoms with E-state index in [0.717, 1.165) is 12.1 Å². The molecule has 0 bridgehead atoms. The molecule has 0 saturated heterocycles. The van der Waals surface area contributed by atoms with Crippen LogP contribution in [0.15, 0.2) is 23.0 Å². The zero-order valence-corrected chi connectivity index (χ0v) is 14.8. The lowest BCUT2D eigenvalue weighted by molar-refractivity contribution is 0.0534. The number of halogens is 1. The molecule has 0 atom stereocenters. The maximum Gasteiger partial charge on any atom is 0.429 e. The van der Waals surface area contributed by atoms with Gasteiger partial charge < -0.3 is 9.84 Å². The summed E-state index contributed by atoms with van der Waals surface area (Å²) in [4.78, 5) is 37.7. The Bertz CT molecular complexity index is 1040. The summed E-state index contributed by atoms with van der Waals surface area (Å²) in [5.74, 6) is -2.72. The van der Waals surface area contributed by atoms with Crippen molar-refractivity contribution < 1.29 is 27.9 Å². The SMILES string of the molecule is [2H]C([2H])([2H])c1c(C(=O)O)c2cccc(F)c2c(=O)n1N(CC)C(=O)OC(C)(C)C. The minimum Gasteiger partial charge on any atom is -0.478 e. The molecule has 0 fully saturated rings. The fourth-order valence-corrected chi connectivity index (χ4v) is 2.50. The fourth-order valence-electron chi connectivity index (χ4n) is 2.50. The number of carboxylic acid groups (broad SMARTS) is 1. The molecule has 140 valence electrons. The molecule has 1 amide bonds. The summed E-state index contributed by atoms with van der Waals surface area (Å²) < 4.78 is 43.5. The number of aromatic carboxylic acids is 1. The largest absolute Gasteiger partial charge is 0.478 e. The van der Waals surface area contributed by atoms with Crippen LogP contribution in [-0.2, 0) is 4.74 Å². The van der Waals surface area contributed by atoms with Gasteiger partial charge in [-0.25, -0.2) is 23.7 Å². The zero-order chi connectivity index (χ0) is 22.3. The van der Waals surface area contributed by atoms with Crippen molar-refractivity contribution in [3.8, 4) is 0 Å². The number of ether oxygens (including phenoxy) is 1. The highest BCUT2D eigenvalue weighted by atomic mass is 19.1. The van der Waals surface area contributed by atoms with Crippen LogP contribution < -0.4 is 10.6 Å². The van der Waals surface area contributed by atoms with Crippen molar-refractivity contribution in [2.45, 2.75) is 40.1 Å². The number of amides is 1. The Balaban J connectivity index is 3.06. The zero-order valence-electron chi connectivity index (χ0n) is 17.8. The van der Waals surface area contributed by atoms with Gasteiger partial charge in [0.15, 0.2) is 0 Å². The van der Waals surface area contributed by atoms with E-state index in [1.807, 2.05) is 0 Å². The van der Waals surface area contributed by atoms with E-state index in [0.29, 0.717) is 9.69 Å². The normalized spacial score (nSPS) is 13.7. The first-order valence-electron chi connectivity index (χ1n) is 9.32. The predicted octanol–water partition coefficient (Wildman–Crippen LogP) is 3.04. The molecular weight excluding hydrogens is 343 g/mol. The van der Waals surface area contributed by atoms with Crippen LogP contribution in [-0.4, -0.2) is 34.0 Å². The van der Waals surface area contributed by atoms with Gasteiger partial charge in [-0.1, -0.05) is 12.1 Å². The summed E-state index contributed by atoms with van der Waals surface area (Å²) >= 11 is 0. The average Bonchev–Trinajstić information content (AvgIpc) is 2.53. The molecule has 7 nitrogen and oxygen atoms in total. The Morgan fingerprint density at radius 1 is 1.38 bits per heavy atom. The molecule has 0 radical (unpaired) electrons. The summed E-state index contributed by atoms with van der Waals surface area (Å²) in [7, 11) is 0. The Kier molecular flexibility index (Phi) is 4.00. The van der Waals surface area contributed by atoms with Gasteiger partial charge in [0, 0.05) is 16.0 Å². The van der Waals surface area contributed by atoms with Crippen molar-refractivity contribution in [3.63, 3.8) is 0 Å². The van der Waals surface area contributed by atoms with Crippen LogP contribution >= 0.6 is 0 Å². The molecule has 8 heteroatoms. The van der Waals surface area contributed by atoms with Crippen LogP contribution in [0, 0.1) is 12.7 Å². The van der Waals surface area contributed by atoms with Crippen LogP contribution in [0.1, 0.15) is 47.9 Å². The molecule has 1 aromatic carbocycles. The molecule has 0 aliphatic heterocycles. The molecule has 1 aromatic heterocycles. The second-order valence-corrected chi connectivity index (χ2v) is 6.50. The van der Waals surface area contributed by atoms with E-state index in [1.165, 1.54) is 13.0 Å². The second kappa shape index (κ2) is 6.78. The highest BCUT2D eigenvalue weighted by molar-refractivity contribution is 6.04. The van der Waals surface area contributed by atoms with Gasteiger partial charge in [-0.2, -0.15) is 0 Å². The van der Waals surface area contributed by atoms with Gasteiger partial charge in [0.1, 0.15) is 11.4 Å². The Labute approximate surface area is 153 Å². The first kappa shape index (κ1) is 15.4. The quantitative estimate of drug-likeness (QED) is 0.901. The Hall–Kier alpha value is -2.90. The van der Waals surface area contributed by atoms with Crippen molar-refractivity contribution in [3.05, 3.63) is 45.6 Å². The van der Waals surface area contributed by atoms with Gasteiger partial charge in [0.2, 0.25) is 0 Å². The topological polar surface area (TPSA) is 88.8 Å². The molecule has 1 N–H and O–H groups in total. The molecule has 0 spiro atoms. The summed E-state index contributed by atoms with van der Waals surface area (Å²) in [6, 6.07) is 3.26. The Morgan fingerprint density at radius 2 is 2.04 bits per heavy atom. The third kappa shape index (κ3) is 3.40. The number of pyridine rings is 1. The highest BCUT2D eigenvalue weighted by Gasteiger charge is 2.28. The summed E-state index contributed by atoms with van der Waals surface area (Å²) in [5.41, 5.74) is -3.87. The number of carbonyl (C=O) groups excluding carboxylic acids is 1. The van der Waals surface area contributed by atoms with E-state index in [1.54, 1.807) is 20.8 Å².